The first-order valence-corrected chi connectivity index (χ1v) is 6.94. The Bertz CT molecular complexity index is 696. The Morgan fingerprint density at radius 2 is 0.696 bits per heavy atom. The average Bonchev–Trinajstić information content (AvgIpc) is 2.34. The molecule has 0 atom stereocenters. The summed E-state index contributed by atoms with van der Waals surface area (Å²) < 4.78 is 0. The third-order valence-corrected chi connectivity index (χ3v) is 3.68. The fourth-order valence-electron chi connectivity index (χ4n) is 2.48. The van der Waals surface area contributed by atoms with Gasteiger partial charge < -0.3 is 0 Å². The van der Waals surface area contributed by atoms with E-state index in [9.17, 15) is 24.0 Å². The number of thiol groups is 1. The number of ketones is 5. The summed E-state index contributed by atoms with van der Waals surface area (Å²) in [6.07, 6.45) is 0. The average molecular weight is 343 g/mol. The molecule has 0 radical (unpaired) electrons. The molecular formula is C16H16NaO5S+. The van der Waals surface area contributed by atoms with E-state index in [0.29, 0.717) is 0 Å². The fraction of sp³-hybridized carbons (Fsp3) is 0.312. The van der Waals surface area contributed by atoms with Gasteiger partial charge in [0, 0.05) is 32.7 Å². The smallest absolute Gasteiger partial charge is 0.294 e. The molecule has 0 N–H and O–H groups in total. The van der Waals surface area contributed by atoms with Crippen LogP contribution in [0.4, 0.5) is 0 Å². The van der Waals surface area contributed by atoms with Crippen LogP contribution in [0.2, 0.25) is 0 Å². The van der Waals surface area contributed by atoms with E-state index in [4.69, 9.17) is 0 Å². The first-order chi connectivity index (χ1) is 10.0. The van der Waals surface area contributed by atoms with Gasteiger partial charge in [0.05, 0.1) is 0 Å². The van der Waals surface area contributed by atoms with Crippen LogP contribution in [0.5, 0.6) is 0 Å². The van der Waals surface area contributed by atoms with E-state index in [1.165, 1.54) is 34.6 Å². The molecule has 0 saturated carbocycles. The van der Waals surface area contributed by atoms with Crippen molar-refractivity contribution < 1.29 is 53.5 Å². The van der Waals surface area contributed by atoms with Crippen molar-refractivity contribution >= 4 is 41.5 Å². The van der Waals surface area contributed by atoms with Crippen LogP contribution in [0, 0.1) is 0 Å². The number of benzene rings is 1. The summed E-state index contributed by atoms with van der Waals surface area (Å²) in [6.45, 7) is 5.99. The minimum absolute atomic E-state index is 0. The summed E-state index contributed by atoms with van der Waals surface area (Å²) in [5, 5.41) is 0. The van der Waals surface area contributed by atoms with E-state index >= 15 is 0 Å². The number of hydrogen-bond acceptors (Lipinski definition) is 6. The first-order valence-electron chi connectivity index (χ1n) is 6.49. The molecule has 0 aliphatic rings. The normalized spacial score (nSPS) is 9.83. The zero-order chi connectivity index (χ0) is 17.4. The maximum absolute atomic E-state index is 12.0. The van der Waals surface area contributed by atoms with Gasteiger partial charge in [-0.3, -0.25) is 24.0 Å². The summed E-state index contributed by atoms with van der Waals surface area (Å²) in [5.41, 5.74) is -0.693. The Kier molecular flexibility index (Phi) is 7.76. The predicted octanol–water partition coefficient (Wildman–Crippen LogP) is -0.00770. The second kappa shape index (κ2) is 8.15. The number of carbonyl (C=O) groups is 5. The van der Waals surface area contributed by atoms with E-state index in [2.05, 4.69) is 12.6 Å². The monoisotopic (exact) mass is 343 g/mol. The molecule has 0 saturated heterocycles. The first kappa shape index (κ1) is 21.9. The quantitative estimate of drug-likeness (QED) is 0.462. The van der Waals surface area contributed by atoms with Crippen molar-refractivity contribution in [3.05, 3.63) is 27.8 Å². The number of Topliss-reactive ketones (excluding diaryl/α,β-unsaturated/α-hetero) is 5. The molecule has 5 nitrogen and oxygen atoms in total. The molecule has 0 unspecified atom stereocenters. The van der Waals surface area contributed by atoms with Crippen molar-refractivity contribution in [3.8, 4) is 0 Å². The summed E-state index contributed by atoms with van der Waals surface area (Å²) in [6, 6.07) is 0. The Hall–Kier alpha value is -1.08. The Balaban J connectivity index is 0.00000484. The summed E-state index contributed by atoms with van der Waals surface area (Å²) in [5.74, 6) is -2.65. The van der Waals surface area contributed by atoms with E-state index in [1.807, 2.05) is 0 Å². The largest absolute Gasteiger partial charge is 1.00 e. The van der Waals surface area contributed by atoms with E-state index in [-0.39, 0.29) is 62.3 Å². The summed E-state index contributed by atoms with van der Waals surface area (Å²) in [7, 11) is 0. The van der Waals surface area contributed by atoms with Crippen LogP contribution in [-0.4, -0.2) is 28.9 Å². The number of rotatable bonds is 5. The van der Waals surface area contributed by atoms with E-state index < -0.39 is 28.9 Å². The molecule has 0 aliphatic heterocycles. The SMILES string of the molecule is CC(=O)c1c(S)c(C(C)=O)c(C(C)=O)c(C(C)=O)c1C(C)=O.[Na+]. The molecule has 0 amide bonds. The fourth-order valence-corrected chi connectivity index (χ4v) is 3.02. The molecule has 7 heteroatoms. The van der Waals surface area contributed by atoms with Crippen molar-refractivity contribution in [2.75, 3.05) is 0 Å². The van der Waals surface area contributed by atoms with E-state index in [0.717, 1.165) is 0 Å². The van der Waals surface area contributed by atoms with Crippen molar-refractivity contribution in [2.45, 2.75) is 39.5 Å². The van der Waals surface area contributed by atoms with Crippen molar-refractivity contribution in [1.82, 2.24) is 0 Å². The van der Waals surface area contributed by atoms with Gasteiger partial charge in [0.1, 0.15) is 0 Å². The molecule has 1 rings (SSSR count). The Labute approximate surface area is 161 Å². The predicted molar refractivity (Wildman–Crippen MR) is 83.7 cm³/mol. The minimum atomic E-state index is -0.561. The maximum Gasteiger partial charge on any atom is 1.00 e. The van der Waals surface area contributed by atoms with Crippen LogP contribution in [-0.2, 0) is 0 Å². The third kappa shape index (κ3) is 4.07. The molecule has 0 fully saturated rings. The van der Waals surface area contributed by atoms with Gasteiger partial charge in [0.25, 0.3) is 0 Å². The van der Waals surface area contributed by atoms with Crippen molar-refractivity contribution in [2.24, 2.45) is 0 Å². The summed E-state index contributed by atoms with van der Waals surface area (Å²) >= 11 is 4.18. The van der Waals surface area contributed by atoms with Crippen LogP contribution in [0.1, 0.15) is 86.4 Å². The Morgan fingerprint density at radius 1 is 0.522 bits per heavy atom. The molecule has 1 aromatic rings. The van der Waals surface area contributed by atoms with Crippen LogP contribution in [0.3, 0.4) is 0 Å². The standard InChI is InChI=1S/C16H16O5S.Na/c1-6(17)11-12(7(2)18)14(9(4)20)16(22)15(10(5)21)13(11)8(3)19;/h22H,1-5H3;/q;+1. The van der Waals surface area contributed by atoms with Gasteiger partial charge in [0.2, 0.25) is 0 Å². The molecular weight excluding hydrogens is 327 g/mol. The van der Waals surface area contributed by atoms with Crippen LogP contribution >= 0.6 is 12.6 Å². The molecule has 0 bridgehead atoms. The minimum Gasteiger partial charge on any atom is -0.294 e. The molecule has 116 valence electrons. The van der Waals surface area contributed by atoms with Gasteiger partial charge in [-0.1, -0.05) is 0 Å². The molecule has 0 spiro atoms. The van der Waals surface area contributed by atoms with Crippen LogP contribution in [0.25, 0.3) is 0 Å². The van der Waals surface area contributed by atoms with Crippen molar-refractivity contribution in [1.29, 1.82) is 0 Å². The Morgan fingerprint density at radius 3 is 0.870 bits per heavy atom. The molecule has 1 aromatic carbocycles. The van der Waals surface area contributed by atoms with Gasteiger partial charge in [-0.05, 0) is 34.6 Å². The third-order valence-electron chi connectivity index (χ3n) is 3.23. The topological polar surface area (TPSA) is 85.3 Å². The molecule has 0 aliphatic carbocycles. The van der Waals surface area contributed by atoms with Gasteiger partial charge >= 0.3 is 29.6 Å². The zero-order valence-corrected chi connectivity index (χ0v) is 16.9. The van der Waals surface area contributed by atoms with E-state index in [1.54, 1.807) is 0 Å². The summed E-state index contributed by atoms with van der Waals surface area (Å²) in [4.78, 5) is 59.7. The number of hydrogen-bond donors (Lipinski definition) is 1. The number of carbonyl (C=O) groups excluding carboxylic acids is 5. The molecule has 0 heterocycles. The van der Waals surface area contributed by atoms with Gasteiger partial charge in [-0.2, -0.15) is 0 Å². The van der Waals surface area contributed by atoms with Gasteiger partial charge in [-0.15, -0.1) is 12.6 Å². The molecule has 0 aromatic heterocycles. The second-order valence-corrected chi connectivity index (χ2v) is 5.45. The maximum atomic E-state index is 12.0. The van der Waals surface area contributed by atoms with Crippen LogP contribution in [0.15, 0.2) is 4.90 Å². The van der Waals surface area contributed by atoms with Gasteiger partial charge in [0.15, 0.2) is 28.9 Å². The zero-order valence-electron chi connectivity index (χ0n) is 14.0. The second-order valence-electron chi connectivity index (χ2n) is 5.00. The van der Waals surface area contributed by atoms with Crippen molar-refractivity contribution in [3.63, 3.8) is 0 Å². The van der Waals surface area contributed by atoms with Crippen LogP contribution < -0.4 is 29.6 Å². The van der Waals surface area contributed by atoms with Gasteiger partial charge in [-0.25, -0.2) is 0 Å². The molecule has 23 heavy (non-hydrogen) atoms.